The molecule has 0 radical (unpaired) electrons. The molecule has 1 fully saturated rings. The van der Waals surface area contributed by atoms with Gasteiger partial charge in [0.2, 0.25) is 0 Å². The number of hydrogen-bond donors (Lipinski definition) is 0. The van der Waals surface area contributed by atoms with Crippen LogP contribution in [0.1, 0.15) is 66.1 Å². The number of amides is 1. The number of cyclic esters (lactones) is 1. The molecule has 0 N–H and O–H groups in total. The number of rotatable bonds is 3. The van der Waals surface area contributed by atoms with E-state index in [-0.39, 0.29) is 12.5 Å². The van der Waals surface area contributed by atoms with Crippen LogP contribution in [0.15, 0.2) is 35.5 Å². The van der Waals surface area contributed by atoms with Crippen LogP contribution in [-0.4, -0.2) is 48.8 Å². The van der Waals surface area contributed by atoms with Crippen LogP contribution >= 0.6 is 11.6 Å². The Morgan fingerprint density at radius 3 is 2.74 bits per heavy atom. The highest BCUT2D eigenvalue weighted by molar-refractivity contribution is 6.33. The number of hydrogen-bond acceptors (Lipinski definition) is 5. The van der Waals surface area contributed by atoms with Crippen molar-refractivity contribution in [1.82, 2.24) is 4.90 Å². The fourth-order valence-corrected chi connectivity index (χ4v) is 4.54. The van der Waals surface area contributed by atoms with Crippen molar-refractivity contribution in [2.24, 2.45) is 11.1 Å². The lowest BCUT2D eigenvalue weighted by Crippen LogP contribution is -2.37. The van der Waals surface area contributed by atoms with E-state index < -0.39 is 5.97 Å². The van der Waals surface area contributed by atoms with E-state index in [1.807, 2.05) is 43.0 Å². The van der Waals surface area contributed by atoms with Crippen LogP contribution in [0.2, 0.25) is 5.02 Å². The number of esters is 1. The number of carbonyl (C=O) groups is 2. The highest BCUT2D eigenvalue weighted by Gasteiger charge is 2.22. The molecule has 0 saturated carbocycles. The molecular formula is C27H35ClN2O4. The number of carbonyl (C=O) groups excluding carboxylic acids is 2. The maximum Gasteiger partial charge on any atom is 0.338 e. The van der Waals surface area contributed by atoms with Crippen molar-refractivity contribution in [2.75, 3.05) is 26.3 Å². The standard InChI is InChI=1S/C27H35ClN2O4/c1-19-10-5-8-15-33-27(32)25-20(2)16-21(3)26(28)23(25)17-22(12-9-11-19)29-34-18-24(31)30-13-6-4-7-14-30/h5,9-10,12,16,19H,4,6-8,11,13-15,17-18H2,1-3H3/b10-5+,12-9+,29-22-. The summed E-state index contributed by atoms with van der Waals surface area (Å²) in [5, 5.41) is 4.81. The summed E-state index contributed by atoms with van der Waals surface area (Å²) in [6.07, 6.45) is 13.1. The normalized spacial score (nSPS) is 22.9. The first-order valence-corrected chi connectivity index (χ1v) is 12.5. The zero-order chi connectivity index (χ0) is 24.5. The highest BCUT2D eigenvalue weighted by atomic mass is 35.5. The second kappa shape index (κ2) is 12.7. The fraction of sp³-hybridized carbons (Fsp3) is 0.519. The summed E-state index contributed by atoms with van der Waals surface area (Å²) in [6.45, 7) is 7.67. The first-order valence-electron chi connectivity index (χ1n) is 12.1. The van der Waals surface area contributed by atoms with E-state index in [1.54, 1.807) is 0 Å². The minimum absolute atomic E-state index is 0.0543. The van der Waals surface area contributed by atoms with Gasteiger partial charge in [-0.05, 0) is 74.6 Å². The van der Waals surface area contributed by atoms with Crippen molar-refractivity contribution in [1.29, 1.82) is 0 Å². The topological polar surface area (TPSA) is 68.2 Å². The van der Waals surface area contributed by atoms with Crippen molar-refractivity contribution in [2.45, 2.75) is 59.3 Å². The Labute approximate surface area is 207 Å². The number of piperidine rings is 1. The summed E-state index contributed by atoms with van der Waals surface area (Å²) >= 11 is 6.67. The number of likely N-dealkylation sites (tertiary alicyclic amines) is 1. The molecule has 7 heteroatoms. The molecule has 1 atom stereocenters. The van der Waals surface area contributed by atoms with Gasteiger partial charge in [0.15, 0.2) is 6.61 Å². The zero-order valence-electron chi connectivity index (χ0n) is 20.4. The number of ether oxygens (including phenoxy) is 1. The quantitative estimate of drug-likeness (QED) is 0.317. The first kappa shape index (κ1) is 26.0. The van der Waals surface area contributed by atoms with Crippen LogP contribution < -0.4 is 0 Å². The van der Waals surface area contributed by atoms with Crippen LogP contribution in [-0.2, 0) is 20.8 Å². The summed E-state index contributed by atoms with van der Waals surface area (Å²) in [4.78, 5) is 32.8. The van der Waals surface area contributed by atoms with Gasteiger partial charge in [-0.15, -0.1) is 0 Å². The number of nitrogens with zero attached hydrogens (tertiary/aromatic N) is 2. The van der Waals surface area contributed by atoms with Crippen molar-refractivity contribution in [3.8, 4) is 0 Å². The largest absolute Gasteiger partial charge is 0.462 e. The number of fused-ring (bicyclic) bond motifs is 1. The average Bonchev–Trinajstić information content (AvgIpc) is 2.81. The first-order chi connectivity index (χ1) is 16.4. The van der Waals surface area contributed by atoms with E-state index in [1.165, 1.54) is 0 Å². The Morgan fingerprint density at radius 2 is 1.97 bits per heavy atom. The average molecular weight is 487 g/mol. The lowest BCUT2D eigenvalue weighted by atomic mass is 9.94. The summed E-state index contributed by atoms with van der Waals surface area (Å²) < 4.78 is 5.55. The molecule has 184 valence electrons. The van der Waals surface area contributed by atoms with Crippen LogP contribution in [0.5, 0.6) is 0 Å². The zero-order valence-corrected chi connectivity index (χ0v) is 21.2. The van der Waals surface area contributed by atoms with Crippen molar-refractivity contribution >= 4 is 29.2 Å². The third-order valence-electron chi connectivity index (χ3n) is 6.18. The summed E-state index contributed by atoms with van der Waals surface area (Å²) in [5.74, 6) is -0.114. The second-order valence-electron chi connectivity index (χ2n) is 9.12. The predicted molar refractivity (Wildman–Crippen MR) is 135 cm³/mol. The van der Waals surface area contributed by atoms with Crippen LogP contribution in [0.4, 0.5) is 0 Å². The number of halogens is 1. The molecular weight excluding hydrogens is 452 g/mol. The Morgan fingerprint density at radius 1 is 1.21 bits per heavy atom. The molecule has 0 spiro atoms. The van der Waals surface area contributed by atoms with Gasteiger partial charge in [-0.3, -0.25) is 4.79 Å². The number of oxime groups is 1. The van der Waals surface area contributed by atoms with Crippen molar-refractivity contribution < 1.29 is 19.2 Å². The highest BCUT2D eigenvalue weighted by Crippen LogP contribution is 2.29. The summed E-state index contributed by atoms with van der Waals surface area (Å²) in [5.41, 5.74) is 3.42. The Bertz CT molecular complexity index is 977. The van der Waals surface area contributed by atoms with Gasteiger partial charge < -0.3 is 14.5 Å². The molecule has 1 saturated heterocycles. The molecule has 0 aliphatic carbocycles. The van der Waals surface area contributed by atoms with E-state index in [2.05, 4.69) is 18.2 Å². The summed E-state index contributed by atoms with van der Waals surface area (Å²) in [7, 11) is 0. The molecule has 2 heterocycles. The van der Waals surface area contributed by atoms with E-state index >= 15 is 0 Å². The van der Waals surface area contributed by atoms with Gasteiger partial charge in [0.1, 0.15) is 0 Å². The fourth-order valence-electron chi connectivity index (χ4n) is 4.32. The molecule has 1 aromatic carbocycles. The molecule has 34 heavy (non-hydrogen) atoms. The monoisotopic (exact) mass is 486 g/mol. The molecule has 2 aliphatic heterocycles. The predicted octanol–water partition coefficient (Wildman–Crippen LogP) is 5.58. The van der Waals surface area contributed by atoms with Crippen LogP contribution in [0.25, 0.3) is 0 Å². The third kappa shape index (κ3) is 7.20. The van der Waals surface area contributed by atoms with Crippen LogP contribution in [0.3, 0.4) is 0 Å². The van der Waals surface area contributed by atoms with E-state index in [0.29, 0.717) is 47.2 Å². The summed E-state index contributed by atoms with van der Waals surface area (Å²) in [6, 6.07) is 1.90. The smallest absolute Gasteiger partial charge is 0.338 e. The van der Waals surface area contributed by atoms with Crippen LogP contribution in [0, 0.1) is 19.8 Å². The molecule has 1 amide bonds. The van der Waals surface area contributed by atoms with Crippen molar-refractivity contribution in [3.05, 3.63) is 57.6 Å². The number of aryl methyl sites for hydroxylation is 2. The third-order valence-corrected chi connectivity index (χ3v) is 6.71. The van der Waals surface area contributed by atoms with E-state index in [9.17, 15) is 9.59 Å². The molecule has 0 bridgehead atoms. The lowest BCUT2D eigenvalue weighted by molar-refractivity contribution is -0.137. The minimum Gasteiger partial charge on any atom is -0.462 e. The van der Waals surface area contributed by atoms with Gasteiger partial charge in [0.25, 0.3) is 5.91 Å². The van der Waals surface area contributed by atoms with Gasteiger partial charge in [0.05, 0.1) is 17.9 Å². The number of benzene rings is 1. The Balaban J connectivity index is 1.88. The molecule has 1 aromatic rings. The molecule has 1 unspecified atom stereocenters. The SMILES string of the molecule is Cc1cc(C)c2c(c1Cl)CC(=N\OCC(=O)N1CCCCC1)/C=C/CC(C)/C=C/CCOC2=O. The van der Waals surface area contributed by atoms with Crippen molar-refractivity contribution in [3.63, 3.8) is 0 Å². The molecule has 0 aromatic heterocycles. The Kier molecular flexibility index (Phi) is 9.75. The molecule has 3 rings (SSSR count). The second-order valence-corrected chi connectivity index (χ2v) is 9.50. The van der Waals surface area contributed by atoms with Gasteiger partial charge in [0, 0.05) is 24.5 Å². The van der Waals surface area contributed by atoms with Gasteiger partial charge in [-0.1, -0.05) is 48.0 Å². The molecule has 6 nitrogen and oxygen atoms in total. The molecule has 2 aliphatic rings. The minimum atomic E-state index is -0.391. The Hall–Kier alpha value is -2.60. The maximum atomic E-state index is 13.0. The van der Waals surface area contributed by atoms with Gasteiger partial charge in [-0.25, -0.2) is 4.79 Å². The van der Waals surface area contributed by atoms with E-state index in [4.69, 9.17) is 21.2 Å². The van der Waals surface area contributed by atoms with E-state index in [0.717, 1.165) is 49.9 Å². The van der Waals surface area contributed by atoms with Gasteiger partial charge in [-0.2, -0.15) is 0 Å². The lowest BCUT2D eigenvalue weighted by Gasteiger charge is -2.26. The van der Waals surface area contributed by atoms with Gasteiger partial charge >= 0.3 is 5.97 Å². The maximum absolute atomic E-state index is 13.0. The number of allylic oxidation sites excluding steroid dienone is 3.